The molecule has 238 valence electrons. The van der Waals surface area contributed by atoms with Crippen LogP contribution in [0.15, 0.2) is 59.1 Å². The van der Waals surface area contributed by atoms with Crippen LogP contribution in [-0.2, 0) is 13.1 Å². The van der Waals surface area contributed by atoms with Crippen molar-refractivity contribution in [2.75, 3.05) is 38.1 Å². The van der Waals surface area contributed by atoms with Gasteiger partial charge < -0.3 is 9.47 Å². The molecule has 1 fully saturated rings. The highest BCUT2D eigenvalue weighted by molar-refractivity contribution is 7.16. The summed E-state index contributed by atoms with van der Waals surface area (Å²) in [5.41, 5.74) is 4.66. The first-order chi connectivity index (χ1) is 22.2. The van der Waals surface area contributed by atoms with Crippen LogP contribution in [0.2, 0.25) is 5.02 Å². The van der Waals surface area contributed by atoms with Crippen molar-refractivity contribution in [1.29, 1.82) is 5.26 Å². The number of thiazole rings is 2. The van der Waals surface area contributed by atoms with E-state index in [9.17, 15) is 18.4 Å². The van der Waals surface area contributed by atoms with Crippen LogP contribution in [-0.4, -0.2) is 68.9 Å². The van der Waals surface area contributed by atoms with Crippen LogP contribution in [0, 0.1) is 11.3 Å². The Hall–Kier alpha value is -3.80. The molecule has 0 unspecified atom stereocenters. The number of hydrogen-bond donors (Lipinski definition) is 1. The number of nitriles is 1. The molecule has 2 aromatic carbocycles. The highest BCUT2D eigenvalue weighted by Gasteiger charge is 2.39. The second-order valence-electron chi connectivity index (χ2n) is 10.8. The fourth-order valence-electron chi connectivity index (χ4n) is 5.51. The van der Waals surface area contributed by atoms with Gasteiger partial charge in [0.1, 0.15) is 21.6 Å². The summed E-state index contributed by atoms with van der Waals surface area (Å²) in [4.78, 5) is 14.3. The van der Waals surface area contributed by atoms with E-state index in [0.29, 0.717) is 33.7 Å². The molecule has 14 heteroatoms. The highest BCUT2D eigenvalue weighted by Crippen LogP contribution is 2.35. The molecule has 46 heavy (non-hydrogen) atoms. The van der Waals surface area contributed by atoms with Gasteiger partial charge in [-0.05, 0) is 43.8 Å². The first-order valence-electron chi connectivity index (χ1n) is 14.8. The van der Waals surface area contributed by atoms with Gasteiger partial charge in [0, 0.05) is 83.5 Å². The third-order valence-electron chi connectivity index (χ3n) is 7.95. The summed E-state index contributed by atoms with van der Waals surface area (Å²) in [6.07, 6.45) is -3.30. The SMILES string of the molecule is CCN1CCN(Cc2csc(-c3ccc4c(c3)c(/C(=N/Nc3nc(-c5ccc(Cl)cc5)c(C#N)s3)C(F)(F)F)cn4CC)n2)CC1. The molecule has 0 saturated carbocycles. The average Bonchev–Trinajstić information content (AvgIpc) is 3.78. The van der Waals surface area contributed by atoms with E-state index in [-0.39, 0.29) is 15.6 Å². The Morgan fingerprint density at radius 1 is 1.02 bits per heavy atom. The van der Waals surface area contributed by atoms with Crippen LogP contribution in [0.3, 0.4) is 0 Å². The van der Waals surface area contributed by atoms with E-state index in [1.54, 1.807) is 34.9 Å². The van der Waals surface area contributed by atoms with Crippen LogP contribution in [0.4, 0.5) is 18.3 Å². The summed E-state index contributed by atoms with van der Waals surface area (Å²) in [7, 11) is 0. The fraction of sp³-hybridized carbons (Fsp3) is 0.312. The predicted molar refractivity (Wildman–Crippen MR) is 180 cm³/mol. The number of anilines is 1. The minimum Gasteiger partial charge on any atom is -0.347 e. The normalized spacial score (nSPS) is 15.0. The lowest BCUT2D eigenvalue weighted by Crippen LogP contribution is -2.45. The number of fused-ring (bicyclic) bond motifs is 1. The van der Waals surface area contributed by atoms with E-state index in [1.807, 2.05) is 24.4 Å². The summed E-state index contributed by atoms with van der Waals surface area (Å²) in [6, 6.07) is 14.3. The topological polar surface area (TPSA) is 85.4 Å². The molecule has 4 heterocycles. The van der Waals surface area contributed by atoms with Gasteiger partial charge in [0.25, 0.3) is 0 Å². The van der Waals surface area contributed by atoms with E-state index >= 15 is 0 Å². The Balaban J connectivity index is 1.31. The Morgan fingerprint density at radius 2 is 1.74 bits per heavy atom. The van der Waals surface area contributed by atoms with Crippen LogP contribution < -0.4 is 5.43 Å². The van der Waals surface area contributed by atoms with Crippen molar-refractivity contribution >= 4 is 56.0 Å². The quantitative estimate of drug-likeness (QED) is 0.126. The Kier molecular flexibility index (Phi) is 9.44. The fourth-order valence-corrected chi connectivity index (χ4v) is 7.17. The summed E-state index contributed by atoms with van der Waals surface area (Å²) in [5.74, 6) is 0. The Labute approximate surface area is 277 Å². The van der Waals surface area contributed by atoms with E-state index in [1.165, 1.54) is 17.5 Å². The maximum atomic E-state index is 14.6. The lowest BCUT2D eigenvalue weighted by atomic mass is 10.1. The van der Waals surface area contributed by atoms with Gasteiger partial charge in [0.05, 0.1) is 5.69 Å². The number of likely N-dealkylation sites (N-methyl/N-ethyl adjacent to an activating group) is 1. The molecule has 1 saturated heterocycles. The molecule has 3 aromatic heterocycles. The minimum absolute atomic E-state index is 0.0562. The summed E-state index contributed by atoms with van der Waals surface area (Å²) >= 11 is 8.40. The number of aromatic nitrogens is 3. The first kappa shape index (κ1) is 32.2. The first-order valence-corrected chi connectivity index (χ1v) is 16.8. The van der Waals surface area contributed by atoms with Crippen molar-refractivity contribution in [1.82, 2.24) is 24.3 Å². The molecule has 0 spiro atoms. The zero-order valence-corrected chi connectivity index (χ0v) is 27.5. The summed E-state index contributed by atoms with van der Waals surface area (Å²) in [6.45, 7) is 10.3. The van der Waals surface area contributed by atoms with Crippen LogP contribution in [0.25, 0.3) is 32.7 Å². The summed E-state index contributed by atoms with van der Waals surface area (Å²) < 4.78 is 45.6. The molecule has 0 bridgehead atoms. The number of halogens is 4. The number of nitrogens with zero attached hydrogens (tertiary/aromatic N) is 7. The van der Waals surface area contributed by atoms with Gasteiger partial charge in [-0.2, -0.15) is 23.5 Å². The molecule has 8 nitrogen and oxygen atoms in total. The lowest BCUT2D eigenvalue weighted by molar-refractivity contribution is -0.0580. The number of alkyl halides is 3. The van der Waals surface area contributed by atoms with Gasteiger partial charge in [-0.15, -0.1) is 11.3 Å². The van der Waals surface area contributed by atoms with Gasteiger partial charge in [-0.3, -0.25) is 10.3 Å². The molecule has 0 atom stereocenters. The van der Waals surface area contributed by atoms with Crippen molar-refractivity contribution in [2.45, 2.75) is 33.1 Å². The maximum absolute atomic E-state index is 14.6. The summed E-state index contributed by atoms with van der Waals surface area (Å²) in [5, 5.41) is 17.3. The number of rotatable bonds is 9. The molecule has 1 aliphatic rings. The number of piperazine rings is 1. The van der Waals surface area contributed by atoms with Crippen molar-refractivity contribution in [3.05, 3.63) is 75.2 Å². The van der Waals surface area contributed by atoms with Gasteiger partial charge >= 0.3 is 6.18 Å². The number of hydrazone groups is 1. The Morgan fingerprint density at radius 3 is 2.41 bits per heavy atom. The van der Waals surface area contributed by atoms with Gasteiger partial charge in [-0.25, -0.2) is 9.97 Å². The standard InChI is InChI=1S/C32H30ClF3N8S2/c1-3-42-11-13-43(14-12-42)17-23-19-45-30(38-23)21-7-10-26-24(15-21)25(18-44(26)4-2)29(32(34,35)36)40-41-31-39-28(27(16-37)46-31)20-5-8-22(33)9-6-20/h5-10,15,18-19H,3-4,11-14,17H2,1-2H3,(H,39,41)/b40-29-. The zero-order chi connectivity index (χ0) is 32.4. The van der Waals surface area contributed by atoms with Crippen LogP contribution in [0.1, 0.15) is 30.0 Å². The van der Waals surface area contributed by atoms with E-state index in [4.69, 9.17) is 16.6 Å². The van der Waals surface area contributed by atoms with E-state index < -0.39 is 11.9 Å². The molecule has 0 radical (unpaired) electrons. The predicted octanol–water partition coefficient (Wildman–Crippen LogP) is 7.95. The maximum Gasteiger partial charge on any atom is 0.435 e. The van der Waals surface area contributed by atoms with Gasteiger partial charge in [-0.1, -0.05) is 42.0 Å². The van der Waals surface area contributed by atoms with Gasteiger partial charge in [0.2, 0.25) is 5.13 Å². The second kappa shape index (κ2) is 13.5. The molecule has 6 rings (SSSR count). The zero-order valence-electron chi connectivity index (χ0n) is 25.1. The van der Waals surface area contributed by atoms with Crippen molar-refractivity contribution in [3.63, 3.8) is 0 Å². The van der Waals surface area contributed by atoms with E-state index in [0.717, 1.165) is 66.9 Å². The van der Waals surface area contributed by atoms with E-state index in [2.05, 4.69) is 38.3 Å². The third kappa shape index (κ3) is 6.82. The minimum atomic E-state index is -4.78. The molecular weight excluding hydrogens is 653 g/mol. The smallest absolute Gasteiger partial charge is 0.347 e. The van der Waals surface area contributed by atoms with Crippen molar-refractivity contribution in [2.24, 2.45) is 5.10 Å². The largest absolute Gasteiger partial charge is 0.435 e. The number of aryl methyl sites for hydroxylation is 1. The second-order valence-corrected chi connectivity index (χ2v) is 13.1. The average molecular weight is 683 g/mol. The third-order valence-corrected chi connectivity index (χ3v) is 10.0. The van der Waals surface area contributed by atoms with Crippen molar-refractivity contribution in [3.8, 4) is 27.9 Å². The molecule has 1 aliphatic heterocycles. The lowest BCUT2D eigenvalue weighted by Gasteiger charge is -2.33. The highest BCUT2D eigenvalue weighted by atomic mass is 35.5. The number of benzene rings is 2. The van der Waals surface area contributed by atoms with Crippen LogP contribution >= 0.6 is 34.3 Å². The van der Waals surface area contributed by atoms with Crippen molar-refractivity contribution < 1.29 is 13.2 Å². The number of hydrogen-bond acceptors (Lipinski definition) is 9. The molecule has 0 aliphatic carbocycles. The molecular formula is C32H30ClF3N8S2. The molecule has 0 amide bonds. The number of nitrogens with one attached hydrogen (secondary N) is 1. The Bertz CT molecular complexity index is 1910. The van der Waals surface area contributed by atoms with Crippen LogP contribution in [0.5, 0.6) is 0 Å². The monoisotopic (exact) mass is 682 g/mol. The van der Waals surface area contributed by atoms with Gasteiger partial charge in [0.15, 0.2) is 5.71 Å². The molecule has 5 aromatic rings. The molecule has 1 N–H and O–H groups in total.